The summed E-state index contributed by atoms with van der Waals surface area (Å²) in [5.41, 5.74) is 1.12. The molecule has 1 unspecified atom stereocenters. The third-order valence-corrected chi connectivity index (χ3v) is 7.27. The average Bonchev–Trinajstić information content (AvgIpc) is 3.37. The predicted molar refractivity (Wildman–Crippen MR) is 111 cm³/mol. The van der Waals surface area contributed by atoms with Gasteiger partial charge >= 0.3 is 6.36 Å². The summed E-state index contributed by atoms with van der Waals surface area (Å²) in [6.07, 6.45) is -0.127. The smallest absolute Gasteiger partial charge is 0.376 e. The van der Waals surface area contributed by atoms with Crippen molar-refractivity contribution in [1.82, 2.24) is 14.9 Å². The van der Waals surface area contributed by atoms with E-state index < -0.39 is 24.5 Å². The molecule has 11 heteroatoms. The van der Waals surface area contributed by atoms with Crippen molar-refractivity contribution >= 4 is 11.6 Å². The summed E-state index contributed by atoms with van der Waals surface area (Å²) in [4.78, 5) is 4.41. The molecule has 180 valence electrons. The zero-order valence-electron chi connectivity index (χ0n) is 17.6. The van der Waals surface area contributed by atoms with E-state index >= 15 is 0 Å². The molecule has 0 spiro atoms. The molecule has 4 aliphatic carbocycles. The van der Waals surface area contributed by atoms with Crippen molar-refractivity contribution in [3.63, 3.8) is 0 Å². The Labute approximate surface area is 192 Å². The second kappa shape index (κ2) is 8.49. The first-order valence-corrected chi connectivity index (χ1v) is 11.3. The van der Waals surface area contributed by atoms with Crippen LogP contribution < -0.4 is 5.32 Å². The Hall–Kier alpha value is -1.72. The molecule has 2 bridgehead atoms. The summed E-state index contributed by atoms with van der Waals surface area (Å²) in [5.74, 6) is -0.0435. The minimum atomic E-state index is -4.63. The molecule has 0 aliphatic heterocycles. The van der Waals surface area contributed by atoms with Crippen LogP contribution in [0.5, 0.6) is 0 Å². The van der Waals surface area contributed by atoms with E-state index in [0.29, 0.717) is 17.2 Å². The number of aliphatic hydroxyl groups excluding tert-OH is 1. The van der Waals surface area contributed by atoms with Gasteiger partial charge in [-0.2, -0.15) is 0 Å². The third kappa shape index (κ3) is 4.90. The number of imidazole rings is 1. The Morgan fingerprint density at radius 1 is 1.24 bits per heavy atom. The van der Waals surface area contributed by atoms with Gasteiger partial charge in [-0.25, -0.2) is 9.37 Å². The Bertz CT molecular complexity index is 1010. The van der Waals surface area contributed by atoms with Crippen molar-refractivity contribution in [2.45, 2.75) is 68.5 Å². The summed E-state index contributed by atoms with van der Waals surface area (Å²) < 4.78 is 61.8. The monoisotopic (exact) mass is 489 g/mol. The van der Waals surface area contributed by atoms with Crippen LogP contribution in [-0.2, 0) is 9.47 Å². The van der Waals surface area contributed by atoms with Crippen LogP contribution in [0.1, 0.15) is 38.1 Å². The van der Waals surface area contributed by atoms with Gasteiger partial charge in [0.15, 0.2) is 0 Å². The van der Waals surface area contributed by atoms with Crippen molar-refractivity contribution in [3.05, 3.63) is 41.6 Å². The van der Waals surface area contributed by atoms with Gasteiger partial charge in [-0.1, -0.05) is 17.7 Å². The van der Waals surface area contributed by atoms with Crippen LogP contribution in [0.2, 0.25) is 5.02 Å². The summed E-state index contributed by atoms with van der Waals surface area (Å²) in [5, 5.41) is 13.7. The van der Waals surface area contributed by atoms with E-state index in [1.54, 1.807) is 12.4 Å². The van der Waals surface area contributed by atoms with Crippen LogP contribution in [0, 0.1) is 11.7 Å². The second-order valence-corrected chi connectivity index (χ2v) is 9.73. The number of rotatable bonds is 8. The molecule has 33 heavy (non-hydrogen) atoms. The number of fused-ring (bicyclic) bond motifs is 1. The lowest BCUT2D eigenvalue weighted by molar-refractivity contribution is -0.357. The van der Waals surface area contributed by atoms with Crippen molar-refractivity contribution in [3.8, 4) is 11.3 Å². The molecule has 0 amide bonds. The van der Waals surface area contributed by atoms with Gasteiger partial charge in [0.25, 0.3) is 0 Å². The van der Waals surface area contributed by atoms with Crippen molar-refractivity contribution in [2.75, 3.05) is 6.61 Å². The summed E-state index contributed by atoms with van der Waals surface area (Å²) in [7, 11) is 0. The maximum absolute atomic E-state index is 13.8. The minimum Gasteiger partial charge on any atom is -0.376 e. The van der Waals surface area contributed by atoms with E-state index in [1.807, 2.05) is 10.8 Å². The number of hydrogen-bond acceptors (Lipinski definition) is 5. The summed E-state index contributed by atoms with van der Waals surface area (Å²) in [6.45, 7) is 0.0117. The van der Waals surface area contributed by atoms with Gasteiger partial charge in [0.05, 0.1) is 35.9 Å². The molecule has 2 atom stereocenters. The Morgan fingerprint density at radius 2 is 2.00 bits per heavy atom. The number of benzene rings is 1. The first-order chi connectivity index (χ1) is 15.6. The van der Waals surface area contributed by atoms with E-state index in [9.17, 15) is 22.7 Å². The Kier molecular flexibility index (Phi) is 5.93. The maximum Gasteiger partial charge on any atom is 0.522 e. The maximum atomic E-state index is 13.8. The van der Waals surface area contributed by atoms with Gasteiger partial charge < -0.3 is 14.4 Å². The molecule has 4 fully saturated rings. The number of aromatic nitrogens is 2. The number of nitrogens with zero attached hydrogens (tertiary/aromatic N) is 2. The molecule has 1 aromatic carbocycles. The number of hydrogen-bond donors (Lipinski definition) is 2. The standard InChI is InChI=1S/C22H24ClF4N3O3/c23-16-2-1-12(3-17(16)24)18-9-30(11-28-18)19-8-21(6-13(19)7-21)29-20(31)10-32-14-4-15(5-14)33-22(25,26)27/h1-3,9,11,13-15,19-20,29,31H,4-8,10H2/t13?,14?,15?,19-,20?,21?/m0/s1. The van der Waals surface area contributed by atoms with Crippen molar-refractivity contribution in [1.29, 1.82) is 0 Å². The zero-order valence-corrected chi connectivity index (χ0v) is 18.3. The van der Waals surface area contributed by atoms with Crippen molar-refractivity contribution in [2.24, 2.45) is 5.92 Å². The van der Waals surface area contributed by atoms with Crippen LogP contribution in [0.3, 0.4) is 0 Å². The van der Waals surface area contributed by atoms with Crippen molar-refractivity contribution < 1.29 is 32.1 Å². The molecule has 4 aliphatic rings. The van der Waals surface area contributed by atoms with E-state index in [2.05, 4.69) is 15.0 Å². The van der Waals surface area contributed by atoms with Crippen LogP contribution in [-0.4, -0.2) is 51.6 Å². The highest BCUT2D eigenvalue weighted by Gasteiger charge is 2.57. The highest BCUT2D eigenvalue weighted by Crippen LogP contribution is 2.57. The largest absolute Gasteiger partial charge is 0.522 e. The van der Waals surface area contributed by atoms with Gasteiger partial charge in [0.1, 0.15) is 12.0 Å². The topological polar surface area (TPSA) is 68.5 Å². The Morgan fingerprint density at radius 3 is 2.70 bits per heavy atom. The lowest BCUT2D eigenvalue weighted by Gasteiger charge is -2.41. The number of halogens is 5. The van der Waals surface area contributed by atoms with Gasteiger partial charge in [0, 0.05) is 36.2 Å². The van der Waals surface area contributed by atoms with E-state index in [1.165, 1.54) is 12.1 Å². The molecule has 0 radical (unpaired) electrons. The number of aliphatic hydroxyl groups is 1. The fourth-order valence-electron chi connectivity index (χ4n) is 5.36. The lowest BCUT2D eigenvalue weighted by Crippen LogP contribution is -2.55. The van der Waals surface area contributed by atoms with Gasteiger partial charge in [0.2, 0.25) is 0 Å². The van der Waals surface area contributed by atoms with Crippen LogP contribution in [0.4, 0.5) is 17.6 Å². The molecule has 2 aromatic rings. The molecule has 6 nitrogen and oxygen atoms in total. The Balaban J connectivity index is 1.10. The zero-order chi connectivity index (χ0) is 23.4. The molecular formula is C22H24ClF4N3O3. The number of ether oxygens (including phenoxy) is 2. The minimum absolute atomic E-state index is 0.0117. The highest BCUT2D eigenvalue weighted by atomic mass is 35.5. The van der Waals surface area contributed by atoms with Crippen LogP contribution >= 0.6 is 11.6 Å². The summed E-state index contributed by atoms with van der Waals surface area (Å²) in [6, 6.07) is 4.82. The van der Waals surface area contributed by atoms with E-state index in [0.717, 1.165) is 19.3 Å². The van der Waals surface area contributed by atoms with Gasteiger partial charge in [-0.3, -0.25) is 10.1 Å². The third-order valence-electron chi connectivity index (χ3n) is 6.96. The second-order valence-electron chi connectivity index (χ2n) is 9.33. The van der Waals surface area contributed by atoms with Crippen LogP contribution in [0.15, 0.2) is 30.7 Å². The molecule has 1 heterocycles. The molecule has 4 saturated carbocycles. The molecular weight excluding hydrogens is 466 g/mol. The van der Waals surface area contributed by atoms with E-state index in [-0.39, 0.29) is 42.2 Å². The summed E-state index contributed by atoms with van der Waals surface area (Å²) >= 11 is 5.76. The quantitative estimate of drug-likeness (QED) is 0.424. The fourth-order valence-corrected chi connectivity index (χ4v) is 5.48. The SMILES string of the molecule is OC(COC1CC(OC(F)(F)F)C1)NC12CC(C1)[C@@H](n1cnc(-c3ccc(Cl)c(F)c3)c1)C2. The molecule has 0 saturated heterocycles. The molecule has 2 N–H and O–H groups in total. The van der Waals surface area contributed by atoms with Gasteiger partial charge in [-0.05, 0) is 37.3 Å². The fraction of sp³-hybridized carbons (Fsp3) is 0.591. The molecule has 1 aromatic heterocycles. The first kappa shape index (κ1) is 23.0. The molecule has 6 rings (SSSR count). The number of alkyl halides is 3. The average molecular weight is 490 g/mol. The first-order valence-electron chi connectivity index (χ1n) is 10.9. The van der Waals surface area contributed by atoms with E-state index in [4.69, 9.17) is 16.3 Å². The number of nitrogens with one attached hydrogen (secondary N) is 1. The lowest BCUT2D eigenvalue weighted by atomic mass is 9.76. The normalized spacial score (nSPS) is 31.8. The van der Waals surface area contributed by atoms with Gasteiger partial charge in [-0.15, -0.1) is 13.2 Å². The van der Waals surface area contributed by atoms with Crippen LogP contribution in [0.25, 0.3) is 11.3 Å². The predicted octanol–water partition coefficient (Wildman–Crippen LogP) is 4.43. The highest BCUT2D eigenvalue weighted by molar-refractivity contribution is 6.30.